The van der Waals surface area contributed by atoms with Crippen LogP contribution in [0.15, 0.2) is 35.4 Å². The molecule has 204 valence electrons. The lowest BCUT2D eigenvalue weighted by Crippen LogP contribution is -2.30. The summed E-state index contributed by atoms with van der Waals surface area (Å²) in [6, 6.07) is 8.91. The Hall–Kier alpha value is -0.350. The summed E-state index contributed by atoms with van der Waals surface area (Å²) >= 11 is 2.38. The largest absolute Gasteiger partial charge is 0.377 e. The molecule has 1 aromatic carbocycles. The predicted octanol–water partition coefficient (Wildman–Crippen LogP) is 10.4. The summed E-state index contributed by atoms with van der Waals surface area (Å²) < 4.78 is 6.58. The lowest BCUT2D eigenvalue weighted by atomic mass is 9.69. The summed E-state index contributed by atoms with van der Waals surface area (Å²) in [6.45, 7) is 25.1. The molecule has 36 heavy (non-hydrogen) atoms. The molecule has 0 amide bonds. The van der Waals surface area contributed by atoms with Crippen LogP contribution in [-0.2, 0) is 15.6 Å². The van der Waals surface area contributed by atoms with Gasteiger partial charge in [-0.15, -0.1) is 0 Å². The molecule has 0 N–H and O–H groups in total. The lowest BCUT2D eigenvalue weighted by Gasteiger charge is -2.35. The third kappa shape index (κ3) is 5.65. The van der Waals surface area contributed by atoms with Gasteiger partial charge in [0.15, 0.2) is 0 Å². The van der Waals surface area contributed by atoms with Gasteiger partial charge in [-0.25, -0.2) is 0 Å². The van der Waals surface area contributed by atoms with E-state index in [0.29, 0.717) is 33.7 Å². The van der Waals surface area contributed by atoms with Gasteiger partial charge in [-0.2, -0.15) is 0 Å². The Morgan fingerprint density at radius 2 is 1.14 bits per heavy atom. The molecule has 1 unspecified atom stereocenters. The van der Waals surface area contributed by atoms with Crippen molar-refractivity contribution in [3.63, 3.8) is 0 Å². The minimum atomic E-state index is 0.320. The molecular weight excluding hydrogens is 551 g/mol. The van der Waals surface area contributed by atoms with Crippen LogP contribution in [0, 0.1) is 22.7 Å². The van der Waals surface area contributed by atoms with E-state index in [1.165, 1.54) is 56.1 Å². The highest BCUT2D eigenvalue weighted by atomic mass is 127. The number of rotatable bonds is 1. The molecule has 5 rings (SSSR count). The molecule has 1 heterocycles. The number of allylic oxidation sites excluding steroid dienone is 2. The summed E-state index contributed by atoms with van der Waals surface area (Å²) in [4.78, 5) is 0. The lowest BCUT2D eigenvalue weighted by molar-refractivity contribution is 0.0333. The third-order valence-electron chi connectivity index (χ3n) is 11.1. The first kappa shape index (κ1) is 30.2. The first-order valence-electron chi connectivity index (χ1n) is 14.7. The molecule has 1 fully saturated rings. The second-order valence-corrected chi connectivity index (χ2v) is 15.1. The fourth-order valence-corrected chi connectivity index (χ4v) is 8.35. The number of ether oxygens (including phenoxy) is 1. The van der Waals surface area contributed by atoms with Crippen LogP contribution in [0.4, 0.5) is 0 Å². The first-order chi connectivity index (χ1) is 16.7. The van der Waals surface area contributed by atoms with Crippen LogP contribution in [0.3, 0.4) is 0 Å². The van der Waals surface area contributed by atoms with Crippen LogP contribution in [-0.4, -0.2) is 17.1 Å². The highest BCUT2D eigenvalue weighted by Crippen LogP contribution is 2.60. The van der Waals surface area contributed by atoms with Crippen molar-refractivity contribution in [2.45, 2.75) is 131 Å². The van der Waals surface area contributed by atoms with Crippen LogP contribution in [0.5, 0.6) is 0 Å². The normalized spacial score (nSPS) is 27.8. The molecule has 1 saturated heterocycles. The Morgan fingerprint density at radius 3 is 1.50 bits per heavy atom. The summed E-state index contributed by atoms with van der Waals surface area (Å²) in [5.74, 6) is 1.51. The molecule has 1 aromatic rings. The van der Waals surface area contributed by atoms with Gasteiger partial charge >= 0.3 is 0 Å². The van der Waals surface area contributed by atoms with Gasteiger partial charge in [0.2, 0.25) is 0 Å². The predicted molar refractivity (Wildman–Crippen MR) is 166 cm³/mol. The van der Waals surface area contributed by atoms with Crippen LogP contribution >= 0.6 is 22.6 Å². The van der Waals surface area contributed by atoms with E-state index in [2.05, 4.69) is 116 Å². The van der Waals surface area contributed by atoms with Crippen LogP contribution in [0.25, 0.3) is 0 Å². The van der Waals surface area contributed by atoms with Crippen molar-refractivity contribution in [1.82, 2.24) is 0 Å². The molecule has 1 nitrogen and oxygen atoms in total. The molecule has 0 aromatic heterocycles. The van der Waals surface area contributed by atoms with E-state index in [4.69, 9.17) is 4.74 Å². The second kappa shape index (κ2) is 11.4. The second-order valence-electron chi connectivity index (χ2n) is 14.2. The van der Waals surface area contributed by atoms with Crippen molar-refractivity contribution < 1.29 is 4.74 Å². The van der Waals surface area contributed by atoms with Gasteiger partial charge in [-0.05, 0) is 89.6 Å². The summed E-state index contributed by atoms with van der Waals surface area (Å²) in [6.07, 6.45) is 10.1. The van der Waals surface area contributed by atoms with Crippen LogP contribution in [0.1, 0.15) is 125 Å². The van der Waals surface area contributed by atoms with Gasteiger partial charge in [0, 0.05) is 11.0 Å². The van der Waals surface area contributed by atoms with Crippen molar-refractivity contribution in [3.8, 4) is 0 Å². The Bertz CT molecular complexity index is 850. The molecule has 3 aliphatic carbocycles. The summed E-state index contributed by atoms with van der Waals surface area (Å²) in [7, 11) is 0. The number of benzene rings is 1. The van der Waals surface area contributed by atoms with Crippen molar-refractivity contribution in [3.05, 3.63) is 46.5 Å². The Kier molecular flexibility index (Phi) is 9.57. The van der Waals surface area contributed by atoms with E-state index in [-0.39, 0.29) is 0 Å². The average molecular weight is 607 g/mol. The van der Waals surface area contributed by atoms with Gasteiger partial charge in [0.25, 0.3) is 0 Å². The van der Waals surface area contributed by atoms with Crippen molar-refractivity contribution in [2.24, 2.45) is 22.7 Å². The molecule has 2 heteroatoms. The maximum absolute atomic E-state index is 5.42. The number of halogens is 1. The number of hydrogen-bond acceptors (Lipinski definition) is 1. The Balaban J connectivity index is 0.000000157. The minimum Gasteiger partial charge on any atom is -0.377 e. The van der Waals surface area contributed by atoms with Crippen LogP contribution < -0.4 is 0 Å². The first-order valence-corrected chi connectivity index (χ1v) is 16.2. The molecule has 1 aliphatic heterocycles. The number of fused-ring (bicyclic) bond motifs is 1. The third-order valence-corrected chi connectivity index (χ3v) is 12.1. The van der Waals surface area contributed by atoms with Gasteiger partial charge in [0.1, 0.15) is 0 Å². The van der Waals surface area contributed by atoms with E-state index in [9.17, 15) is 0 Å². The quantitative estimate of drug-likeness (QED) is 0.176. The maximum atomic E-state index is 5.42. The number of hydrogen-bond donors (Lipinski definition) is 0. The van der Waals surface area contributed by atoms with Crippen LogP contribution in [0.2, 0.25) is 0 Å². The van der Waals surface area contributed by atoms with E-state index in [1.807, 2.05) is 0 Å². The van der Waals surface area contributed by atoms with E-state index < -0.39 is 0 Å². The monoisotopic (exact) mass is 606 g/mol. The average Bonchev–Trinajstić information content (AvgIpc) is 3.10. The van der Waals surface area contributed by atoms with Gasteiger partial charge < -0.3 is 4.74 Å². The van der Waals surface area contributed by atoms with Gasteiger partial charge in [0.05, 0.1) is 6.10 Å². The SMILES string of the molecule is CC1C(C)(C)C2=C(CCCC2)C1(C)C.CC1C(C)(C)c2ccccc2C1(C)C.ICC1CCCCO1. The molecule has 1 atom stereocenters. The topological polar surface area (TPSA) is 9.23 Å². The fraction of sp³-hybridized carbons (Fsp3) is 0.765. The highest BCUT2D eigenvalue weighted by Gasteiger charge is 2.50. The minimum absolute atomic E-state index is 0.320. The van der Waals surface area contributed by atoms with Gasteiger partial charge in [-0.3, -0.25) is 0 Å². The zero-order valence-electron chi connectivity index (χ0n) is 25.2. The zero-order valence-corrected chi connectivity index (χ0v) is 27.3. The standard InChI is InChI=1S/C14H24.C14H20.C6H11IO/c2*1-10-13(2,3)11-8-6-7-9-12(11)14(10,4)5;7-5-6-3-1-2-4-8-6/h10H,6-9H2,1-5H3;6-10H,1-5H3;6H,1-5H2. The van der Waals surface area contributed by atoms with Crippen molar-refractivity contribution >= 4 is 22.6 Å². The molecule has 0 saturated carbocycles. The summed E-state index contributed by atoms with van der Waals surface area (Å²) in [5.41, 5.74) is 8.25. The maximum Gasteiger partial charge on any atom is 0.0664 e. The smallest absolute Gasteiger partial charge is 0.0664 e. The Labute approximate surface area is 237 Å². The van der Waals surface area contributed by atoms with Crippen molar-refractivity contribution in [2.75, 3.05) is 11.0 Å². The molecule has 0 spiro atoms. The van der Waals surface area contributed by atoms with E-state index in [0.717, 1.165) is 17.0 Å². The highest BCUT2D eigenvalue weighted by molar-refractivity contribution is 14.1. The Morgan fingerprint density at radius 1 is 0.694 bits per heavy atom. The van der Waals surface area contributed by atoms with E-state index >= 15 is 0 Å². The molecule has 4 aliphatic rings. The molecule has 0 radical (unpaired) electrons. The van der Waals surface area contributed by atoms with Gasteiger partial charge in [-0.1, -0.05) is 127 Å². The molecule has 0 bridgehead atoms. The fourth-order valence-electron chi connectivity index (χ4n) is 7.66. The van der Waals surface area contributed by atoms with Crippen molar-refractivity contribution in [1.29, 1.82) is 0 Å². The zero-order chi connectivity index (χ0) is 26.9. The molecular formula is C34H55IO. The summed E-state index contributed by atoms with van der Waals surface area (Å²) in [5, 5.41) is 0. The number of alkyl halides is 1. The van der Waals surface area contributed by atoms with E-state index in [1.54, 1.807) is 11.1 Å².